The summed E-state index contributed by atoms with van der Waals surface area (Å²) in [5.41, 5.74) is 0.170. The largest absolute Gasteiger partial charge is 0.463 e. The molecule has 1 heterocycles. The minimum Gasteiger partial charge on any atom is -0.463 e. The summed E-state index contributed by atoms with van der Waals surface area (Å²) >= 11 is 0. The van der Waals surface area contributed by atoms with Gasteiger partial charge in [0.1, 0.15) is 0 Å². The summed E-state index contributed by atoms with van der Waals surface area (Å²) in [5.74, 6) is -0.844. The van der Waals surface area contributed by atoms with E-state index in [-0.39, 0.29) is 30.5 Å². The van der Waals surface area contributed by atoms with E-state index in [0.717, 1.165) is 12.1 Å². The van der Waals surface area contributed by atoms with Crippen LogP contribution in [0, 0.1) is 0 Å². The van der Waals surface area contributed by atoms with Crippen molar-refractivity contribution in [3.63, 3.8) is 0 Å². The zero-order valence-electron chi connectivity index (χ0n) is 16.5. The van der Waals surface area contributed by atoms with Gasteiger partial charge in [0.15, 0.2) is 0 Å². The number of ether oxygens (including phenoxy) is 1. The molecule has 1 unspecified atom stereocenters. The van der Waals surface area contributed by atoms with E-state index in [1.54, 1.807) is 32.0 Å². The summed E-state index contributed by atoms with van der Waals surface area (Å²) in [5, 5.41) is 0. The van der Waals surface area contributed by atoms with Gasteiger partial charge in [-0.25, -0.2) is 8.42 Å². The van der Waals surface area contributed by atoms with Crippen LogP contribution in [0.1, 0.15) is 42.9 Å². The van der Waals surface area contributed by atoms with E-state index in [1.807, 2.05) is 0 Å². The highest BCUT2D eigenvalue weighted by atomic mass is 32.2. The Morgan fingerprint density at radius 1 is 1.13 bits per heavy atom. The highest BCUT2D eigenvalue weighted by Crippen LogP contribution is 2.37. The van der Waals surface area contributed by atoms with Crippen molar-refractivity contribution in [2.45, 2.75) is 49.9 Å². The molecule has 2 aromatic carbocycles. The fourth-order valence-corrected chi connectivity index (χ4v) is 5.23. The lowest BCUT2D eigenvalue weighted by Crippen LogP contribution is -2.40. The average Bonchev–Trinajstić information content (AvgIpc) is 2.65. The molecular formula is C21H22F3NO4S. The molecule has 2 aromatic rings. The maximum Gasteiger partial charge on any atom is 0.416 e. The Bertz CT molecular complexity index is 1020. The lowest BCUT2D eigenvalue weighted by molar-refractivity contribution is -0.148. The molecule has 0 saturated carbocycles. The minimum atomic E-state index is -4.46. The molecule has 0 fully saturated rings. The molecule has 0 amide bonds. The number of alkyl halides is 3. The highest BCUT2D eigenvalue weighted by molar-refractivity contribution is 7.89. The summed E-state index contributed by atoms with van der Waals surface area (Å²) < 4.78 is 70.9. The van der Waals surface area contributed by atoms with Crippen LogP contribution in [0.5, 0.6) is 0 Å². The van der Waals surface area contributed by atoms with E-state index in [2.05, 4.69) is 0 Å². The van der Waals surface area contributed by atoms with Crippen LogP contribution in [-0.2, 0) is 32.3 Å². The Labute approximate surface area is 173 Å². The van der Waals surface area contributed by atoms with E-state index in [1.165, 1.54) is 22.5 Å². The zero-order chi connectivity index (χ0) is 22.1. The van der Waals surface area contributed by atoms with E-state index in [0.29, 0.717) is 11.1 Å². The molecule has 0 radical (unpaired) electrons. The fraction of sp³-hybridized carbons (Fsp3) is 0.381. The second-order valence-electron chi connectivity index (χ2n) is 7.47. The standard InChI is InChI=1S/C21H22F3NO4S/c1-14(2)29-20(26)11-16-13-25(30(27,28)19-6-4-3-5-18(16)19)12-15-7-9-17(10-8-15)21(22,23)24/h3-10,14,16H,11-13H2,1-2H3. The molecule has 0 aliphatic carbocycles. The molecule has 3 rings (SSSR count). The Morgan fingerprint density at radius 2 is 1.77 bits per heavy atom. The van der Waals surface area contributed by atoms with Crippen molar-refractivity contribution in [3.05, 3.63) is 65.2 Å². The van der Waals surface area contributed by atoms with E-state index < -0.39 is 33.7 Å². The van der Waals surface area contributed by atoms with Crippen LogP contribution in [-0.4, -0.2) is 31.3 Å². The molecule has 0 spiro atoms. The summed E-state index contributed by atoms with van der Waals surface area (Å²) in [6.07, 6.45) is -4.74. The summed E-state index contributed by atoms with van der Waals surface area (Å²) in [7, 11) is -3.85. The monoisotopic (exact) mass is 441 g/mol. The summed E-state index contributed by atoms with van der Waals surface area (Å²) in [6.45, 7) is 3.40. The number of carbonyl (C=O) groups excluding carboxylic acids is 1. The van der Waals surface area contributed by atoms with E-state index >= 15 is 0 Å². The van der Waals surface area contributed by atoms with Gasteiger partial charge in [-0.1, -0.05) is 30.3 Å². The normalized spacial score (nSPS) is 18.8. The third-order valence-electron chi connectivity index (χ3n) is 4.82. The first-order valence-corrected chi connectivity index (χ1v) is 10.9. The number of benzene rings is 2. The van der Waals surface area contributed by atoms with Crippen molar-refractivity contribution in [1.82, 2.24) is 4.31 Å². The van der Waals surface area contributed by atoms with Gasteiger partial charge in [0.25, 0.3) is 0 Å². The number of esters is 1. The molecule has 30 heavy (non-hydrogen) atoms. The Kier molecular flexibility index (Phi) is 6.24. The van der Waals surface area contributed by atoms with Crippen LogP contribution in [0.4, 0.5) is 13.2 Å². The van der Waals surface area contributed by atoms with Crippen LogP contribution in [0.15, 0.2) is 53.4 Å². The number of fused-ring (bicyclic) bond motifs is 1. The second-order valence-corrected chi connectivity index (χ2v) is 9.38. The lowest BCUT2D eigenvalue weighted by atomic mass is 9.95. The molecule has 0 bridgehead atoms. The number of hydrogen-bond acceptors (Lipinski definition) is 4. The summed E-state index contributed by atoms with van der Waals surface area (Å²) in [4.78, 5) is 12.3. The van der Waals surface area contributed by atoms with Gasteiger partial charge in [0, 0.05) is 19.0 Å². The van der Waals surface area contributed by atoms with Gasteiger partial charge < -0.3 is 4.74 Å². The first kappa shape index (κ1) is 22.3. The third kappa shape index (κ3) is 4.84. The first-order chi connectivity index (χ1) is 14.0. The van der Waals surface area contributed by atoms with Gasteiger partial charge in [-0.2, -0.15) is 17.5 Å². The lowest BCUT2D eigenvalue weighted by Gasteiger charge is -2.33. The highest BCUT2D eigenvalue weighted by Gasteiger charge is 2.38. The number of nitrogens with zero attached hydrogens (tertiary/aromatic N) is 1. The van der Waals surface area contributed by atoms with Gasteiger partial charge in [0.2, 0.25) is 10.0 Å². The van der Waals surface area contributed by atoms with Crippen molar-refractivity contribution in [3.8, 4) is 0 Å². The minimum absolute atomic E-state index is 0.00816. The van der Waals surface area contributed by atoms with Crippen LogP contribution in [0.3, 0.4) is 0 Å². The molecule has 162 valence electrons. The smallest absolute Gasteiger partial charge is 0.416 e. The van der Waals surface area contributed by atoms with Crippen molar-refractivity contribution in [1.29, 1.82) is 0 Å². The van der Waals surface area contributed by atoms with Crippen LogP contribution in [0.25, 0.3) is 0 Å². The Balaban J connectivity index is 1.89. The zero-order valence-corrected chi connectivity index (χ0v) is 17.3. The first-order valence-electron chi connectivity index (χ1n) is 9.43. The number of halogens is 3. The molecule has 0 saturated heterocycles. The molecule has 1 atom stereocenters. The van der Waals surface area contributed by atoms with Crippen LogP contribution >= 0.6 is 0 Å². The van der Waals surface area contributed by atoms with Crippen molar-refractivity contribution in [2.24, 2.45) is 0 Å². The average molecular weight is 441 g/mol. The van der Waals surface area contributed by atoms with Crippen LogP contribution in [0.2, 0.25) is 0 Å². The quantitative estimate of drug-likeness (QED) is 0.648. The van der Waals surface area contributed by atoms with E-state index in [4.69, 9.17) is 4.74 Å². The maximum absolute atomic E-state index is 13.1. The topological polar surface area (TPSA) is 63.7 Å². The predicted octanol–water partition coefficient (Wildman–Crippen LogP) is 4.34. The van der Waals surface area contributed by atoms with Gasteiger partial charge in [-0.15, -0.1) is 0 Å². The van der Waals surface area contributed by atoms with Gasteiger partial charge >= 0.3 is 12.1 Å². The molecule has 1 aliphatic rings. The fourth-order valence-electron chi connectivity index (χ4n) is 3.47. The van der Waals surface area contributed by atoms with Gasteiger partial charge in [-0.05, 0) is 43.2 Å². The van der Waals surface area contributed by atoms with Crippen molar-refractivity contribution in [2.75, 3.05) is 6.54 Å². The number of rotatable bonds is 5. The van der Waals surface area contributed by atoms with Crippen molar-refractivity contribution < 1.29 is 31.1 Å². The van der Waals surface area contributed by atoms with E-state index in [9.17, 15) is 26.4 Å². The maximum atomic E-state index is 13.1. The Hall–Kier alpha value is -2.39. The predicted molar refractivity (Wildman–Crippen MR) is 104 cm³/mol. The molecule has 9 heteroatoms. The SMILES string of the molecule is CC(C)OC(=O)CC1CN(Cc2ccc(C(F)(F)F)cc2)S(=O)(=O)c2ccccc21. The van der Waals surface area contributed by atoms with Gasteiger partial charge in [0.05, 0.1) is 23.0 Å². The molecule has 0 N–H and O–H groups in total. The number of sulfonamides is 1. The molecule has 0 aromatic heterocycles. The third-order valence-corrected chi connectivity index (χ3v) is 6.71. The number of carbonyl (C=O) groups is 1. The van der Waals surface area contributed by atoms with Crippen molar-refractivity contribution >= 4 is 16.0 Å². The molecule has 5 nitrogen and oxygen atoms in total. The second kappa shape index (κ2) is 8.39. The molecular weight excluding hydrogens is 419 g/mol. The molecule has 1 aliphatic heterocycles. The number of hydrogen-bond donors (Lipinski definition) is 0. The van der Waals surface area contributed by atoms with Crippen LogP contribution < -0.4 is 0 Å². The van der Waals surface area contributed by atoms with Gasteiger partial charge in [-0.3, -0.25) is 4.79 Å². The summed E-state index contributed by atoms with van der Waals surface area (Å²) in [6, 6.07) is 10.8. The Morgan fingerprint density at radius 3 is 2.37 bits per heavy atom.